The summed E-state index contributed by atoms with van der Waals surface area (Å²) in [6.07, 6.45) is 4.83. The van der Waals surface area contributed by atoms with Crippen LogP contribution in [0, 0.1) is 11.8 Å². The number of carbonyl (C=O) groups excluding carboxylic acids is 1. The third-order valence-electron chi connectivity index (χ3n) is 4.25. The first kappa shape index (κ1) is 15.1. The van der Waals surface area contributed by atoms with Crippen molar-refractivity contribution in [2.45, 2.75) is 24.4 Å². The van der Waals surface area contributed by atoms with Crippen LogP contribution in [0.4, 0.5) is 0 Å². The predicted octanol–water partition coefficient (Wildman–Crippen LogP) is 3.93. The van der Waals surface area contributed by atoms with Gasteiger partial charge in [-0.15, -0.1) is 11.8 Å². The highest BCUT2D eigenvalue weighted by Crippen LogP contribution is 2.47. The van der Waals surface area contributed by atoms with Crippen molar-refractivity contribution in [3.8, 4) is 0 Å². The molecule has 3 unspecified atom stereocenters. The Balaban J connectivity index is 1.80. The fourth-order valence-corrected chi connectivity index (χ4v) is 3.21. The largest absolute Gasteiger partial charge is 0.345 e. The monoisotopic (exact) mass is 312 g/mol. The zero-order valence-corrected chi connectivity index (χ0v) is 13.6. The smallest absolute Gasteiger partial charge is 0.251 e. The topological polar surface area (TPSA) is 42.0 Å². The molecule has 0 aliphatic heterocycles. The van der Waals surface area contributed by atoms with E-state index < -0.39 is 0 Å². The maximum Gasteiger partial charge on any atom is 0.251 e. The van der Waals surface area contributed by atoms with Crippen LogP contribution in [-0.2, 0) is 0 Å². The molecule has 1 aliphatic rings. The number of hydrogen-bond acceptors (Lipinski definition) is 3. The molecule has 0 spiro atoms. The lowest BCUT2D eigenvalue weighted by molar-refractivity contribution is 0.0930. The average Bonchev–Trinajstić information content (AvgIpc) is 3.29. The number of hydrogen-bond donors (Lipinski definition) is 1. The van der Waals surface area contributed by atoms with Crippen molar-refractivity contribution in [2.24, 2.45) is 11.8 Å². The number of nitrogens with one attached hydrogen (secondary N) is 1. The van der Waals surface area contributed by atoms with Crippen molar-refractivity contribution in [2.75, 3.05) is 6.26 Å². The lowest BCUT2D eigenvalue weighted by Crippen LogP contribution is -2.30. The highest BCUT2D eigenvalue weighted by Gasteiger charge is 2.40. The molecule has 0 saturated heterocycles. The van der Waals surface area contributed by atoms with Crippen LogP contribution in [-0.4, -0.2) is 17.1 Å². The molecule has 22 heavy (non-hydrogen) atoms. The minimum absolute atomic E-state index is 0.0225. The Labute approximate surface area is 135 Å². The van der Waals surface area contributed by atoms with Crippen molar-refractivity contribution in [1.82, 2.24) is 10.3 Å². The molecular weight excluding hydrogens is 292 g/mol. The van der Waals surface area contributed by atoms with E-state index in [4.69, 9.17) is 0 Å². The first-order valence-electron chi connectivity index (χ1n) is 7.55. The Kier molecular flexibility index (Phi) is 4.48. The van der Waals surface area contributed by atoms with Gasteiger partial charge in [-0.2, -0.15) is 0 Å². The zero-order chi connectivity index (χ0) is 15.5. The summed E-state index contributed by atoms with van der Waals surface area (Å²) in [6, 6.07) is 14.0. The maximum absolute atomic E-state index is 12.6. The molecule has 3 nitrogen and oxygen atoms in total. The van der Waals surface area contributed by atoms with Gasteiger partial charge in [-0.1, -0.05) is 37.3 Å². The number of rotatable bonds is 5. The van der Waals surface area contributed by atoms with Crippen LogP contribution in [0.25, 0.3) is 0 Å². The summed E-state index contributed by atoms with van der Waals surface area (Å²) >= 11 is 1.54. The van der Waals surface area contributed by atoms with Crippen LogP contribution in [0.1, 0.15) is 35.3 Å². The predicted molar refractivity (Wildman–Crippen MR) is 89.9 cm³/mol. The number of thioether (sulfide) groups is 1. The molecule has 2 aromatic rings. The second-order valence-electron chi connectivity index (χ2n) is 5.83. The molecule has 1 N–H and O–H groups in total. The summed E-state index contributed by atoms with van der Waals surface area (Å²) in [7, 11) is 0. The van der Waals surface area contributed by atoms with Crippen molar-refractivity contribution in [3.63, 3.8) is 0 Å². The molecule has 1 heterocycles. The molecule has 1 saturated carbocycles. The van der Waals surface area contributed by atoms with Crippen LogP contribution in [0.15, 0.2) is 53.7 Å². The number of pyridine rings is 1. The Morgan fingerprint density at radius 2 is 2.05 bits per heavy atom. The number of carbonyl (C=O) groups is 1. The minimum atomic E-state index is -0.0225. The van der Waals surface area contributed by atoms with Crippen molar-refractivity contribution in [3.05, 3.63) is 59.8 Å². The summed E-state index contributed by atoms with van der Waals surface area (Å²) in [6.45, 7) is 2.24. The van der Waals surface area contributed by atoms with E-state index in [0.717, 1.165) is 5.03 Å². The highest BCUT2D eigenvalue weighted by atomic mass is 32.2. The maximum atomic E-state index is 12.6. The molecule has 1 aromatic heterocycles. The lowest BCUT2D eigenvalue weighted by atomic mass is 10.0. The normalized spacial score (nSPS) is 21.2. The average molecular weight is 312 g/mol. The van der Waals surface area contributed by atoms with Gasteiger partial charge in [0.2, 0.25) is 0 Å². The van der Waals surface area contributed by atoms with Gasteiger partial charge in [0.15, 0.2) is 0 Å². The summed E-state index contributed by atoms with van der Waals surface area (Å²) in [5, 5.41) is 4.08. The van der Waals surface area contributed by atoms with Crippen molar-refractivity contribution >= 4 is 17.7 Å². The number of nitrogens with zero attached hydrogens (tertiary/aromatic N) is 1. The highest BCUT2D eigenvalue weighted by molar-refractivity contribution is 7.98. The van der Waals surface area contributed by atoms with Crippen molar-refractivity contribution < 1.29 is 4.79 Å². The van der Waals surface area contributed by atoms with Gasteiger partial charge in [-0.05, 0) is 42.2 Å². The number of aromatic nitrogens is 1. The quantitative estimate of drug-likeness (QED) is 0.851. The Morgan fingerprint density at radius 1 is 1.32 bits per heavy atom. The van der Waals surface area contributed by atoms with Gasteiger partial charge in [0, 0.05) is 11.8 Å². The lowest BCUT2D eigenvalue weighted by Gasteiger charge is -2.19. The zero-order valence-electron chi connectivity index (χ0n) is 12.8. The summed E-state index contributed by atoms with van der Waals surface area (Å²) < 4.78 is 0. The van der Waals surface area contributed by atoms with Gasteiger partial charge in [0.25, 0.3) is 5.91 Å². The van der Waals surface area contributed by atoms with Crippen LogP contribution in [0.5, 0.6) is 0 Å². The van der Waals surface area contributed by atoms with Crippen LogP contribution in [0.3, 0.4) is 0 Å². The van der Waals surface area contributed by atoms with Gasteiger partial charge < -0.3 is 5.32 Å². The second kappa shape index (κ2) is 6.53. The molecule has 1 aliphatic carbocycles. The Morgan fingerprint density at radius 3 is 2.68 bits per heavy atom. The number of amides is 1. The van der Waals surface area contributed by atoms with Gasteiger partial charge in [0.05, 0.1) is 11.1 Å². The van der Waals surface area contributed by atoms with E-state index in [9.17, 15) is 4.79 Å². The van der Waals surface area contributed by atoms with Gasteiger partial charge >= 0.3 is 0 Å². The molecule has 1 aromatic carbocycles. The van der Waals surface area contributed by atoms with E-state index in [1.54, 1.807) is 24.0 Å². The fourth-order valence-electron chi connectivity index (χ4n) is 2.80. The summed E-state index contributed by atoms with van der Waals surface area (Å²) in [5.74, 6) is 1.18. The van der Waals surface area contributed by atoms with Crippen LogP contribution in [0.2, 0.25) is 0 Å². The molecule has 0 radical (unpaired) electrons. The Hall–Kier alpha value is -1.81. The van der Waals surface area contributed by atoms with Gasteiger partial charge in [-0.3, -0.25) is 4.79 Å². The third-order valence-corrected chi connectivity index (χ3v) is 4.89. The van der Waals surface area contributed by atoms with Gasteiger partial charge in [0.1, 0.15) is 0 Å². The first-order chi connectivity index (χ1) is 10.7. The molecular formula is C18H20N2OS. The molecule has 3 rings (SSSR count). The van der Waals surface area contributed by atoms with Crippen molar-refractivity contribution in [1.29, 1.82) is 0 Å². The molecule has 114 valence electrons. The molecule has 1 fully saturated rings. The Bertz CT molecular complexity index is 659. The second-order valence-corrected chi connectivity index (χ2v) is 6.65. The molecule has 3 atom stereocenters. The van der Waals surface area contributed by atoms with E-state index in [1.807, 2.05) is 30.5 Å². The molecule has 0 bridgehead atoms. The SMILES string of the molecule is CSc1cc(C(=O)NC(c2ccccc2)C2CC2C)ccn1. The van der Waals surface area contributed by atoms with Crippen LogP contribution >= 0.6 is 11.8 Å². The van der Waals surface area contributed by atoms with Gasteiger partial charge in [-0.25, -0.2) is 4.98 Å². The van der Waals surface area contributed by atoms with E-state index in [-0.39, 0.29) is 11.9 Å². The first-order valence-corrected chi connectivity index (χ1v) is 8.77. The molecule has 1 amide bonds. The molecule has 4 heteroatoms. The summed E-state index contributed by atoms with van der Waals surface area (Å²) in [5.41, 5.74) is 1.86. The van der Waals surface area contributed by atoms with E-state index in [2.05, 4.69) is 29.4 Å². The third kappa shape index (κ3) is 3.33. The van der Waals surface area contributed by atoms with E-state index in [0.29, 0.717) is 17.4 Å². The van der Waals surface area contributed by atoms with Crippen LogP contribution < -0.4 is 5.32 Å². The van der Waals surface area contributed by atoms with E-state index >= 15 is 0 Å². The van der Waals surface area contributed by atoms with E-state index in [1.165, 1.54) is 12.0 Å². The summed E-state index contributed by atoms with van der Waals surface area (Å²) in [4.78, 5) is 16.8. The fraction of sp³-hybridized carbons (Fsp3) is 0.333. The number of benzene rings is 1. The minimum Gasteiger partial charge on any atom is -0.345 e. The standard InChI is InChI=1S/C18H20N2OS/c1-12-10-15(12)17(13-6-4-3-5-7-13)20-18(21)14-8-9-19-16(11-14)22-2/h3-9,11-12,15,17H,10H2,1-2H3,(H,20,21).